The van der Waals surface area contributed by atoms with Crippen molar-refractivity contribution in [1.82, 2.24) is 0 Å². The van der Waals surface area contributed by atoms with Crippen LogP contribution in [0.4, 0.5) is 0 Å². The second-order valence-corrected chi connectivity index (χ2v) is 6.38. The van der Waals surface area contributed by atoms with Crippen molar-refractivity contribution in [2.75, 3.05) is 0 Å². The van der Waals surface area contributed by atoms with E-state index in [2.05, 4.69) is 42.9 Å². The predicted molar refractivity (Wildman–Crippen MR) is 92.5 cm³/mol. The first kappa shape index (κ1) is 18.2. The molecular formula is C20H36N+. The average molecular weight is 291 g/mol. The molecule has 0 spiro atoms. The summed E-state index contributed by atoms with van der Waals surface area (Å²) in [5, 5.41) is 0. The van der Waals surface area contributed by atoms with Crippen molar-refractivity contribution in [1.29, 1.82) is 0 Å². The van der Waals surface area contributed by atoms with E-state index in [1.54, 1.807) is 0 Å². The number of unbranched alkanes of at least 4 members (excludes halogenated alkanes) is 9. The number of hydrogen-bond donors (Lipinski definition) is 0. The minimum Gasteiger partial charge on any atom is -0.205 e. The van der Waals surface area contributed by atoms with Crippen molar-refractivity contribution >= 4 is 0 Å². The fraction of sp³-hybridized carbons (Fsp3) is 0.750. The summed E-state index contributed by atoms with van der Waals surface area (Å²) in [7, 11) is 0. The van der Waals surface area contributed by atoms with Crippen LogP contribution in [0.15, 0.2) is 24.5 Å². The smallest absolute Gasteiger partial charge is 0.171 e. The van der Waals surface area contributed by atoms with Gasteiger partial charge in [-0.1, -0.05) is 65.2 Å². The van der Waals surface area contributed by atoms with Gasteiger partial charge in [0.1, 0.15) is 6.54 Å². The maximum atomic E-state index is 2.38. The topological polar surface area (TPSA) is 3.88 Å². The Labute approximate surface area is 132 Å². The number of aromatic nitrogens is 1. The molecule has 0 aromatic carbocycles. The Bertz CT molecular complexity index is 345. The van der Waals surface area contributed by atoms with E-state index in [-0.39, 0.29) is 0 Å². The highest BCUT2D eigenvalue weighted by molar-refractivity contribution is 5.05. The third kappa shape index (κ3) is 9.66. The Balaban J connectivity index is 2.04. The van der Waals surface area contributed by atoms with Gasteiger partial charge < -0.3 is 0 Å². The van der Waals surface area contributed by atoms with Gasteiger partial charge in [-0.15, -0.1) is 0 Å². The zero-order valence-electron chi connectivity index (χ0n) is 14.4. The quantitative estimate of drug-likeness (QED) is 0.317. The van der Waals surface area contributed by atoms with Crippen LogP contribution in [-0.2, 0) is 13.0 Å². The molecule has 1 aromatic heterocycles. The first-order chi connectivity index (χ1) is 10.4. The number of nitrogens with zero attached hydrogens (tertiary/aromatic N) is 1. The van der Waals surface area contributed by atoms with E-state index in [0.29, 0.717) is 0 Å². The molecule has 1 aromatic rings. The summed E-state index contributed by atoms with van der Waals surface area (Å²) < 4.78 is 2.38. The zero-order valence-corrected chi connectivity index (χ0v) is 14.4. The number of pyridine rings is 1. The fourth-order valence-corrected chi connectivity index (χ4v) is 2.85. The molecule has 0 bridgehead atoms. The lowest BCUT2D eigenvalue weighted by molar-refractivity contribution is -0.697. The molecule has 0 aliphatic carbocycles. The lowest BCUT2D eigenvalue weighted by atomic mass is 10.1. The second-order valence-electron chi connectivity index (χ2n) is 6.38. The Morgan fingerprint density at radius 2 is 1.38 bits per heavy atom. The lowest BCUT2D eigenvalue weighted by Gasteiger charge is -2.02. The second kappa shape index (κ2) is 12.9. The Morgan fingerprint density at radius 1 is 0.762 bits per heavy atom. The Kier molecular flexibility index (Phi) is 11.1. The van der Waals surface area contributed by atoms with E-state index < -0.39 is 0 Å². The largest absolute Gasteiger partial charge is 0.205 e. The zero-order chi connectivity index (χ0) is 15.2. The van der Waals surface area contributed by atoms with Crippen molar-refractivity contribution in [3.05, 3.63) is 30.1 Å². The van der Waals surface area contributed by atoms with Gasteiger partial charge in [0.15, 0.2) is 12.4 Å². The Hall–Kier alpha value is -0.850. The average Bonchev–Trinajstić information content (AvgIpc) is 2.52. The molecule has 0 fully saturated rings. The van der Waals surface area contributed by atoms with Crippen molar-refractivity contribution in [3.63, 3.8) is 0 Å². The van der Waals surface area contributed by atoms with Gasteiger partial charge in [-0.3, -0.25) is 0 Å². The van der Waals surface area contributed by atoms with Crippen LogP contribution in [0.2, 0.25) is 0 Å². The Morgan fingerprint density at radius 3 is 2.05 bits per heavy atom. The summed E-state index contributed by atoms with van der Waals surface area (Å²) in [6.07, 6.45) is 21.1. The van der Waals surface area contributed by atoms with Crippen LogP contribution in [0.5, 0.6) is 0 Å². The fourth-order valence-electron chi connectivity index (χ4n) is 2.85. The molecule has 1 nitrogen and oxygen atoms in total. The normalized spacial score (nSPS) is 11.0. The number of hydrogen-bond acceptors (Lipinski definition) is 0. The molecule has 0 amide bonds. The van der Waals surface area contributed by atoms with Gasteiger partial charge in [-0.05, 0) is 25.3 Å². The molecule has 21 heavy (non-hydrogen) atoms. The number of rotatable bonds is 13. The number of aryl methyl sites for hydroxylation is 2. The maximum absolute atomic E-state index is 2.38. The van der Waals surface area contributed by atoms with Crippen molar-refractivity contribution in [3.8, 4) is 0 Å². The van der Waals surface area contributed by atoms with Crippen LogP contribution >= 0.6 is 0 Å². The molecule has 0 atom stereocenters. The summed E-state index contributed by atoms with van der Waals surface area (Å²) in [5.41, 5.74) is 1.50. The monoisotopic (exact) mass is 290 g/mol. The van der Waals surface area contributed by atoms with Gasteiger partial charge in [0, 0.05) is 18.1 Å². The summed E-state index contributed by atoms with van der Waals surface area (Å²) in [4.78, 5) is 0. The van der Waals surface area contributed by atoms with Gasteiger partial charge in [-0.25, -0.2) is 4.57 Å². The van der Waals surface area contributed by atoms with Gasteiger partial charge in [0.25, 0.3) is 0 Å². The van der Waals surface area contributed by atoms with Crippen LogP contribution < -0.4 is 4.57 Å². The molecule has 0 saturated heterocycles. The minimum atomic E-state index is 1.19. The first-order valence-electron chi connectivity index (χ1n) is 9.34. The van der Waals surface area contributed by atoms with E-state index in [9.17, 15) is 0 Å². The van der Waals surface area contributed by atoms with E-state index >= 15 is 0 Å². The van der Waals surface area contributed by atoms with E-state index in [1.165, 1.54) is 89.2 Å². The van der Waals surface area contributed by atoms with Crippen LogP contribution in [0, 0.1) is 0 Å². The summed E-state index contributed by atoms with van der Waals surface area (Å²) in [6.45, 7) is 5.74. The molecule has 0 aliphatic rings. The maximum Gasteiger partial charge on any atom is 0.171 e. The SMILES string of the molecule is CCCCCCCCCCC[n+]1cccc(CCCC)c1. The predicted octanol–water partition coefficient (Wildman–Crippen LogP) is 5.85. The third-order valence-electron chi connectivity index (χ3n) is 4.26. The molecular weight excluding hydrogens is 254 g/mol. The highest BCUT2D eigenvalue weighted by atomic mass is 14.9. The molecule has 0 radical (unpaired) electrons. The van der Waals surface area contributed by atoms with Crippen LogP contribution in [0.1, 0.15) is 90.0 Å². The molecule has 0 aliphatic heterocycles. The summed E-state index contributed by atoms with van der Waals surface area (Å²) in [5.74, 6) is 0. The van der Waals surface area contributed by atoms with E-state index in [0.717, 1.165) is 0 Å². The first-order valence-corrected chi connectivity index (χ1v) is 9.34. The van der Waals surface area contributed by atoms with Gasteiger partial charge in [-0.2, -0.15) is 0 Å². The molecule has 1 heterocycles. The van der Waals surface area contributed by atoms with Crippen LogP contribution in [-0.4, -0.2) is 0 Å². The minimum absolute atomic E-state index is 1.19. The molecule has 120 valence electrons. The van der Waals surface area contributed by atoms with Crippen molar-refractivity contribution in [2.24, 2.45) is 0 Å². The highest BCUT2D eigenvalue weighted by Gasteiger charge is 2.02. The van der Waals surface area contributed by atoms with E-state index in [1.807, 2.05) is 0 Å². The van der Waals surface area contributed by atoms with Gasteiger partial charge in [0.05, 0.1) is 0 Å². The molecule has 0 unspecified atom stereocenters. The molecule has 0 saturated carbocycles. The van der Waals surface area contributed by atoms with Crippen LogP contribution in [0.3, 0.4) is 0 Å². The highest BCUT2D eigenvalue weighted by Crippen LogP contribution is 2.09. The van der Waals surface area contributed by atoms with Gasteiger partial charge >= 0.3 is 0 Å². The lowest BCUT2D eigenvalue weighted by Crippen LogP contribution is -2.33. The van der Waals surface area contributed by atoms with Gasteiger partial charge in [0.2, 0.25) is 0 Å². The molecule has 1 heteroatoms. The van der Waals surface area contributed by atoms with Crippen LogP contribution in [0.25, 0.3) is 0 Å². The molecule has 0 N–H and O–H groups in total. The van der Waals surface area contributed by atoms with Crippen molar-refractivity contribution in [2.45, 2.75) is 97.4 Å². The molecule has 1 rings (SSSR count). The van der Waals surface area contributed by atoms with E-state index in [4.69, 9.17) is 0 Å². The van der Waals surface area contributed by atoms with Crippen molar-refractivity contribution < 1.29 is 4.57 Å². The third-order valence-corrected chi connectivity index (χ3v) is 4.26. The standard InChI is InChI=1S/C20H36N/c1-3-5-7-8-9-10-11-12-13-17-21-18-14-16-20(19-21)15-6-4-2/h14,16,18-19H,3-13,15,17H2,1-2H3/q+1. The summed E-state index contributed by atoms with van der Waals surface area (Å²) >= 11 is 0. The summed E-state index contributed by atoms with van der Waals surface area (Å²) in [6, 6.07) is 4.47.